The number of hydrogen-bond donors (Lipinski definition) is 0. The molecule has 0 radical (unpaired) electrons. The van der Waals surface area contributed by atoms with Crippen LogP contribution in [0.1, 0.15) is 6.42 Å². The summed E-state index contributed by atoms with van der Waals surface area (Å²) in [6.45, 7) is 0. The topological polar surface area (TPSA) is 0 Å². The second kappa shape index (κ2) is 1.78. The van der Waals surface area contributed by atoms with E-state index in [9.17, 15) is 0 Å². The van der Waals surface area contributed by atoms with Crippen molar-refractivity contribution in [2.75, 3.05) is 0 Å². The molecule has 0 aliphatic heterocycles. The first-order valence-corrected chi connectivity index (χ1v) is 3.04. The molecule has 0 saturated carbocycles. The molecule has 6 heavy (non-hydrogen) atoms. The molecule has 0 fully saturated rings. The zero-order valence-corrected chi connectivity index (χ0v) is 5.58. The number of rotatable bonds is 0. The predicted molar refractivity (Wildman–Crippen MR) is 21.8 cm³/mol. The molecule has 1 aliphatic carbocycles. The predicted octanol–water partition coefficient (Wildman–Crippen LogP) is 1.38. The van der Waals surface area contributed by atoms with E-state index >= 15 is 0 Å². The average Bonchev–Trinajstić information content (AvgIpc) is 1.86. The van der Waals surface area contributed by atoms with Gasteiger partial charge in [-0.3, -0.25) is 0 Å². The van der Waals surface area contributed by atoms with E-state index in [2.05, 4.69) is 18.2 Å². The van der Waals surface area contributed by atoms with Gasteiger partial charge in [-0.2, -0.15) is 0 Å². The molecule has 0 nitrogen and oxygen atoms in total. The van der Waals surface area contributed by atoms with Crippen molar-refractivity contribution in [3.63, 3.8) is 0 Å². The summed E-state index contributed by atoms with van der Waals surface area (Å²) in [4.78, 5) is 0. The van der Waals surface area contributed by atoms with E-state index in [0.29, 0.717) is 0 Å². The Morgan fingerprint density at radius 1 is 1.67 bits per heavy atom. The zero-order chi connectivity index (χ0) is 4.41. The molecule has 0 aromatic carbocycles. The van der Waals surface area contributed by atoms with Crippen LogP contribution in [0.25, 0.3) is 0 Å². The van der Waals surface area contributed by atoms with Crippen molar-refractivity contribution in [1.29, 1.82) is 0 Å². The van der Waals surface area contributed by atoms with Crippen LogP contribution in [0.3, 0.4) is 0 Å². The fraction of sp³-hybridized carbons (Fsp3) is 0.200. The van der Waals surface area contributed by atoms with Crippen LogP contribution in [0.15, 0.2) is 22.0 Å². The van der Waals surface area contributed by atoms with Crippen LogP contribution in [-0.4, -0.2) is 0 Å². The fourth-order valence-corrected chi connectivity index (χ4v) is 0.907. The molecule has 0 unspecified atom stereocenters. The van der Waals surface area contributed by atoms with Crippen LogP contribution >= 0.6 is 0 Å². The summed E-state index contributed by atoms with van der Waals surface area (Å²) >= 11 is 1.82. The Morgan fingerprint density at radius 2 is 2.50 bits per heavy atom. The molecular formula is C5H5Nb. The quantitative estimate of drug-likeness (QED) is 0.467. The van der Waals surface area contributed by atoms with Crippen LogP contribution in [0.4, 0.5) is 0 Å². The van der Waals surface area contributed by atoms with Gasteiger partial charge in [0.15, 0.2) is 0 Å². The van der Waals surface area contributed by atoms with Gasteiger partial charge in [-0.1, -0.05) is 0 Å². The van der Waals surface area contributed by atoms with Gasteiger partial charge in [0.05, 0.1) is 0 Å². The average molecular weight is 158 g/mol. The van der Waals surface area contributed by atoms with E-state index in [0.717, 1.165) is 0 Å². The Kier molecular flexibility index (Phi) is 1.30. The second-order valence-corrected chi connectivity index (χ2v) is 2.70. The summed E-state index contributed by atoms with van der Waals surface area (Å²) < 4.78 is 1.52. The van der Waals surface area contributed by atoms with Crippen LogP contribution in [0.5, 0.6) is 0 Å². The first-order valence-electron chi connectivity index (χ1n) is 1.94. The van der Waals surface area contributed by atoms with Crippen molar-refractivity contribution in [2.24, 2.45) is 0 Å². The standard InChI is InChI=1S/C5H5.Nb/c1-2-4-5-3-1;/h1-3H,4H2;. The summed E-state index contributed by atoms with van der Waals surface area (Å²) in [6, 6.07) is 0. The summed E-state index contributed by atoms with van der Waals surface area (Å²) in [5, 5.41) is 0. The van der Waals surface area contributed by atoms with Gasteiger partial charge in [-0.05, 0) is 0 Å². The number of hydrogen-bond acceptors (Lipinski definition) is 0. The third-order valence-corrected chi connectivity index (χ3v) is 1.57. The SMILES string of the molecule is [Nb][C]1=CC=CC1. The Labute approximate surface area is 49.8 Å². The number of allylic oxidation sites excluding steroid dienone is 4. The van der Waals surface area contributed by atoms with Gasteiger partial charge in [0, 0.05) is 0 Å². The Morgan fingerprint density at radius 3 is 2.67 bits per heavy atom. The molecule has 0 aromatic heterocycles. The van der Waals surface area contributed by atoms with Gasteiger partial charge in [-0.15, -0.1) is 0 Å². The monoisotopic (exact) mass is 158 g/mol. The molecule has 1 rings (SSSR count). The van der Waals surface area contributed by atoms with Crippen molar-refractivity contribution in [1.82, 2.24) is 0 Å². The van der Waals surface area contributed by atoms with Crippen LogP contribution in [0.2, 0.25) is 0 Å². The second-order valence-electron chi connectivity index (χ2n) is 1.29. The summed E-state index contributed by atoms with van der Waals surface area (Å²) in [7, 11) is 0. The Hall–Kier alpha value is 0.220. The molecule has 0 atom stereocenters. The van der Waals surface area contributed by atoms with Crippen LogP contribution < -0.4 is 0 Å². The molecule has 1 aliphatic rings. The molecule has 0 amide bonds. The van der Waals surface area contributed by atoms with E-state index in [1.54, 1.807) is 0 Å². The Bertz CT molecular complexity index is 101. The van der Waals surface area contributed by atoms with Gasteiger partial charge in [-0.25, -0.2) is 0 Å². The van der Waals surface area contributed by atoms with E-state index in [-0.39, 0.29) is 0 Å². The van der Waals surface area contributed by atoms with Gasteiger partial charge in [0.2, 0.25) is 0 Å². The zero-order valence-electron chi connectivity index (χ0n) is 3.39. The van der Waals surface area contributed by atoms with Gasteiger partial charge in [0.1, 0.15) is 0 Å². The van der Waals surface area contributed by atoms with E-state index in [1.807, 2.05) is 21.1 Å². The molecule has 30 valence electrons. The van der Waals surface area contributed by atoms with Crippen molar-refractivity contribution in [3.8, 4) is 0 Å². The third-order valence-electron chi connectivity index (χ3n) is 0.752. The molecule has 0 aromatic rings. The van der Waals surface area contributed by atoms with E-state index in [1.165, 1.54) is 10.2 Å². The molecule has 0 heterocycles. The van der Waals surface area contributed by atoms with Crippen LogP contribution in [-0.2, 0) is 21.1 Å². The van der Waals surface area contributed by atoms with E-state index < -0.39 is 0 Å². The van der Waals surface area contributed by atoms with Gasteiger partial charge in [0.25, 0.3) is 0 Å². The summed E-state index contributed by atoms with van der Waals surface area (Å²) in [6.07, 6.45) is 7.63. The molecule has 0 saturated heterocycles. The van der Waals surface area contributed by atoms with Gasteiger partial charge < -0.3 is 0 Å². The fourth-order valence-electron chi connectivity index (χ4n) is 0.436. The van der Waals surface area contributed by atoms with E-state index in [4.69, 9.17) is 0 Å². The molecular weight excluding hydrogens is 153 g/mol. The molecule has 0 spiro atoms. The first kappa shape index (κ1) is 4.38. The molecule has 1 heteroatoms. The maximum absolute atomic E-state index is 2.17. The Balaban J connectivity index is 2.61. The minimum atomic E-state index is 1.19. The minimum absolute atomic E-state index is 1.19. The maximum atomic E-state index is 2.17. The summed E-state index contributed by atoms with van der Waals surface area (Å²) in [5.74, 6) is 0. The van der Waals surface area contributed by atoms with Gasteiger partial charge >= 0.3 is 49.5 Å². The third kappa shape index (κ3) is 0.839. The molecule has 0 bridgehead atoms. The van der Waals surface area contributed by atoms with Crippen molar-refractivity contribution in [3.05, 3.63) is 22.0 Å². The van der Waals surface area contributed by atoms with Crippen molar-refractivity contribution >= 4 is 0 Å². The molecule has 0 N–H and O–H groups in total. The normalized spacial score (nSPS) is 18.3. The van der Waals surface area contributed by atoms with Crippen LogP contribution in [0, 0.1) is 0 Å². The first-order chi connectivity index (χ1) is 2.89. The van der Waals surface area contributed by atoms with Crippen molar-refractivity contribution in [2.45, 2.75) is 6.42 Å². The van der Waals surface area contributed by atoms with Crippen molar-refractivity contribution < 1.29 is 21.1 Å². The summed E-state index contributed by atoms with van der Waals surface area (Å²) in [5.41, 5.74) is 0.